The van der Waals surface area contributed by atoms with Gasteiger partial charge in [0.05, 0.1) is 0 Å². The van der Waals surface area contributed by atoms with Gasteiger partial charge >= 0.3 is 0 Å². The van der Waals surface area contributed by atoms with Gasteiger partial charge in [-0.25, -0.2) is 4.98 Å². The van der Waals surface area contributed by atoms with E-state index in [0.717, 1.165) is 6.08 Å². The van der Waals surface area contributed by atoms with Crippen molar-refractivity contribution >= 4 is 12.0 Å². The van der Waals surface area contributed by atoms with Crippen LogP contribution >= 0.6 is 0 Å². The minimum Gasteiger partial charge on any atom is -0.345 e. The number of imidazole rings is 1. The number of H-pyrrole nitrogens is 1. The monoisotopic (exact) mass is 183 g/mol. The standard InChI is InChI=1S/C6H6FN3.C3H8/c7-5(8)1-2-6-9-3-4-10-6;1-3-2/h1-4,8H,(H,9,10);3H2,1-2H3/b2-1-,8-5?;. The zero-order valence-corrected chi connectivity index (χ0v) is 7.84. The lowest BCUT2D eigenvalue weighted by Gasteiger charge is -1.79. The summed E-state index contributed by atoms with van der Waals surface area (Å²) in [5, 5.41) is 6.40. The molecule has 0 saturated carbocycles. The fourth-order valence-corrected chi connectivity index (χ4v) is 0.521. The molecule has 1 heterocycles. The van der Waals surface area contributed by atoms with Crippen LogP contribution in [0.2, 0.25) is 0 Å². The Labute approximate surface area is 77.2 Å². The molecule has 0 aliphatic carbocycles. The Morgan fingerprint density at radius 3 is 2.69 bits per heavy atom. The summed E-state index contributed by atoms with van der Waals surface area (Å²) >= 11 is 0. The summed E-state index contributed by atoms with van der Waals surface area (Å²) < 4.78 is 11.7. The average Bonchev–Trinajstić information content (AvgIpc) is 2.54. The Kier molecular flexibility index (Phi) is 6.41. The highest BCUT2D eigenvalue weighted by atomic mass is 19.1. The molecule has 1 aromatic heterocycles. The summed E-state index contributed by atoms with van der Waals surface area (Å²) in [7, 11) is 0. The van der Waals surface area contributed by atoms with Crippen LogP contribution in [0.15, 0.2) is 18.5 Å². The summed E-state index contributed by atoms with van der Waals surface area (Å²) in [6, 6.07) is 0. The van der Waals surface area contributed by atoms with E-state index in [0.29, 0.717) is 5.82 Å². The van der Waals surface area contributed by atoms with Gasteiger partial charge in [-0.05, 0) is 12.2 Å². The van der Waals surface area contributed by atoms with Crippen LogP contribution < -0.4 is 0 Å². The van der Waals surface area contributed by atoms with Crippen molar-refractivity contribution in [2.24, 2.45) is 0 Å². The van der Waals surface area contributed by atoms with Crippen LogP contribution in [-0.4, -0.2) is 15.9 Å². The Morgan fingerprint density at radius 1 is 1.69 bits per heavy atom. The Morgan fingerprint density at radius 2 is 2.31 bits per heavy atom. The Balaban J connectivity index is 0.000000424. The molecule has 0 spiro atoms. The number of halogens is 1. The van der Waals surface area contributed by atoms with Crippen LogP contribution in [0.25, 0.3) is 6.08 Å². The van der Waals surface area contributed by atoms with Gasteiger partial charge in [0.2, 0.25) is 5.97 Å². The van der Waals surface area contributed by atoms with Crippen molar-refractivity contribution in [3.8, 4) is 0 Å². The van der Waals surface area contributed by atoms with E-state index in [1.807, 2.05) is 0 Å². The van der Waals surface area contributed by atoms with E-state index < -0.39 is 5.97 Å². The summed E-state index contributed by atoms with van der Waals surface area (Å²) in [6.07, 6.45) is 6.85. The number of rotatable bonds is 2. The third-order valence-corrected chi connectivity index (χ3v) is 0.907. The lowest BCUT2D eigenvalue weighted by molar-refractivity contribution is 0.804. The van der Waals surface area contributed by atoms with Gasteiger partial charge in [0, 0.05) is 12.4 Å². The predicted molar refractivity (Wildman–Crippen MR) is 52.4 cm³/mol. The molecule has 0 saturated heterocycles. The fourth-order valence-electron chi connectivity index (χ4n) is 0.521. The number of nitrogens with one attached hydrogen (secondary N) is 2. The first kappa shape index (κ1) is 11.6. The van der Waals surface area contributed by atoms with E-state index >= 15 is 0 Å². The van der Waals surface area contributed by atoms with Gasteiger partial charge in [-0.2, -0.15) is 4.39 Å². The molecule has 0 aromatic carbocycles. The van der Waals surface area contributed by atoms with Gasteiger partial charge in [0.1, 0.15) is 5.82 Å². The molecule has 0 atom stereocenters. The van der Waals surface area contributed by atoms with Crippen molar-refractivity contribution in [2.75, 3.05) is 0 Å². The molecule has 0 fully saturated rings. The number of allylic oxidation sites excluding steroid dienone is 1. The maximum atomic E-state index is 11.7. The molecular weight excluding hydrogens is 169 g/mol. The Hall–Kier alpha value is -1.45. The average molecular weight is 183 g/mol. The van der Waals surface area contributed by atoms with E-state index in [-0.39, 0.29) is 0 Å². The van der Waals surface area contributed by atoms with Crippen LogP contribution in [0, 0.1) is 5.41 Å². The van der Waals surface area contributed by atoms with Crippen molar-refractivity contribution in [1.29, 1.82) is 5.41 Å². The van der Waals surface area contributed by atoms with E-state index in [9.17, 15) is 4.39 Å². The molecule has 0 amide bonds. The van der Waals surface area contributed by atoms with E-state index in [1.54, 1.807) is 12.4 Å². The van der Waals surface area contributed by atoms with Crippen molar-refractivity contribution < 1.29 is 4.39 Å². The van der Waals surface area contributed by atoms with Crippen molar-refractivity contribution in [3.05, 3.63) is 24.3 Å². The van der Waals surface area contributed by atoms with E-state index in [1.165, 1.54) is 12.5 Å². The predicted octanol–water partition coefficient (Wildman–Crippen LogP) is 2.79. The molecule has 0 bridgehead atoms. The first-order valence-electron chi connectivity index (χ1n) is 4.12. The summed E-state index contributed by atoms with van der Waals surface area (Å²) in [4.78, 5) is 6.51. The van der Waals surface area contributed by atoms with Gasteiger partial charge in [0.25, 0.3) is 0 Å². The highest BCUT2D eigenvalue weighted by Gasteiger charge is 1.86. The Bertz CT molecular complexity index is 252. The topological polar surface area (TPSA) is 52.5 Å². The van der Waals surface area contributed by atoms with Crippen LogP contribution in [0.1, 0.15) is 26.1 Å². The largest absolute Gasteiger partial charge is 0.345 e. The van der Waals surface area contributed by atoms with Gasteiger partial charge in [0.15, 0.2) is 0 Å². The van der Waals surface area contributed by atoms with E-state index in [4.69, 9.17) is 5.41 Å². The first-order valence-corrected chi connectivity index (χ1v) is 4.12. The molecule has 13 heavy (non-hydrogen) atoms. The summed E-state index contributed by atoms with van der Waals surface area (Å²) in [5.41, 5.74) is 0. The van der Waals surface area contributed by atoms with Gasteiger partial charge in [-0.15, -0.1) is 0 Å². The molecule has 1 rings (SSSR count). The maximum absolute atomic E-state index is 11.7. The highest BCUT2D eigenvalue weighted by molar-refractivity contribution is 5.87. The van der Waals surface area contributed by atoms with Crippen LogP contribution in [0.5, 0.6) is 0 Å². The first-order chi connectivity index (χ1) is 6.20. The highest BCUT2D eigenvalue weighted by Crippen LogP contribution is 1.91. The molecular formula is C9H14FN3. The zero-order valence-electron chi connectivity index (χ0n) is 7.84. The molecule has 0 unspecified atom stereocenters. The van der Waals surface area contributed by atoms with Crippen LogP contribution in [0.3, 0.4) is 0 Å². The molecule has 0 radical (unpaired) electrons. The smallest absolute Gasteiger partial charge is 0.205 e. The van der Waals surface area contributed by atoms with Crippen LogP contribution in [-0.2, 0) is 0 Å². The third-order valence-electron chi connectivity index (χ3n) is 0.907. The second kappa shape index (κ2) is 7.21. The normalized spacial score (nSPS) is 9.46. The number of hydrogen-bond acceptors (Lipinski definition) is 2. The van der Waals surface area contributed by atoms with Gasteiger partial charge < -0.3 is 4.98 Å². The molecule has 4 heteroatoms. The number of aromatic nitrogens is 2. The second-order valence-corrected chi connectivity index (χ2v) is 2.36. The van der Waals surface area contributed by atoms with Crippen LogP contribution in [0.4, 0.5) is 4.39 Å². The third kappa shape index (κ3) is 6.93. The minimum absolute atomic E-state index is 0.544. The second-order valence-electron chi connectivity index (χ2n) is 2.36. The number of aromatic amines is 1. The van der Waals surface area contributed by atoms with Crippen molar-refractivity contribution in [2.45, 2.75) is 20.3 Å². The van der Waals surface area contributed by atoms with Gasteiger partial charge in [-0.3, -0.25) is 5.41 Å². The molecule has 2 N–H and O–H groups in total. The van der Waals surface area contributed by atoms with Crippen molar-refractivity contribution in [3.63, 3.8) is 0 Å². The summed E-state index contributed by atoms with van der Waals surface area (Å²) in [5.74, 6) is -0.432. The van der Waals surface area contributed by atoms with Crippen molar-refractivity contribution in [1.82, 2.24) is 9.97 Å². The number of nitrogens with zero attached hydrogens (tertiary/aromatic N) is 1. The fraction of sp³-hybridized carbons (Fsp3) is 0.333. The maximum Gasteiger partial charge on any atom is 0.205 e. The summed E-state index contributed by atoms with van der Waals surface area (Å²) in [6.45, 7) is 4.25. The molecule has 0 aliphatic rings. The molecule has 3 nitrogen and oxygen atoms in total. The number of hydrogen-bond donors (Lipinski definition) is 2. The zero-order chi connectivity index (χ0) is 10.1. The SMILES string of the molecule is CCC.N=C(F)/C=C\c1ncc[nH]1. The van der Waals surface area contributed by atoms with E-state index in [2.05, 4.69) is 23.8 Å². The van der Waals surface area contributed by atoms with Gasteiger partial charge in [-0.1, -0.05) is 20.3 Å². The quantitative estimate of drug-likeness (QED) is 0.680. The molecule has 72 valence electrons. The lowest BCUT2D eigenvalue weighted by atomic mass is 10.5. The molecule has 0 aliphatic heterocycles. The lowest BCUT2D eigenvalue weighted by Crippen LogP contribution is -1.77. The molecule has 1 aromatic rings. The minimum atomic E-state index is -0.976.